The molecule has 3 aromatic carbocycles. The summed E-state index contributed by atoms with van der Waals surface area (Å²) in [4.78, 5) is 37.6. The van der Waals surface area contributed by atoms with E-state index in [2.05, 4.69) is 0 Å². The van der Waals surface area contributed by atoms with Crippen molar-refractivity contribution in [2.75, 3.05) is 0 Å². The minimum absolute atomic E-state index is 0.0105. The van der Waals surface area contributed by atoms with Gasteiger partial charge in [-0.3, -0.25) is 9.59 Å². The number of aldehydes is 1. The molecule has 0 fully saturated rings. The smallest absolute Gasteiger partial charge is 0.321 e. The first kappa shape index (κ1) is 23.2. The third-order valence-corrected chi connectivity index (χ3v) is 5.26. The van der Waals surface area contributed by atoms with Gasteiger partial charge in [0.15, 0.2) is 5.92 Å². The van der Waals surface area contributed by atoms with Gasteiger partial charge in [-0.15, -0.1) is 0 Å². The molecule has 0 aromatic heterocycles. The van der Waals surface area contributed by atoms with Crippen molar-refractivity contribution in [1.82, 2.24) is 0 Å². The molecule has 1 atom stereocenters. The molecule has 0 saturated heterocycles. The quantitative estimate of drug-likeness (QED) is 0.244. The maximum absolute atomic E-state index is 13.1. The van der Waals surface area contributed by atoms with Crippen molar-refractivity contribution >= 4 is 29.8 Å². The van der Waals surface area contributed by atoms with Crippen LogP contribution in [0, 0.1) is 5.92 Å². The van der Waals surface area contributed by atoms with Crippen LogP contribution in [-0.4, -0.2) is 18.2 Å². The predicted octanol–water partition coefficient (Wildman–Crippen LogP) is 5.12. The minimum atomic E-state index is -1.30. The first-order valence-electron chi connectivity index (χ1n) is 10.2. The third kappa shape index (κ3) is 6.53. The fourth-order valence-electron chi connectivity index (χ4n) is 3.34. The van der Waals surface area contributed by atoms with Crippen LogP contribution in [0.4, 0.5) is 0 Å². The maximum atomic E-state index is 13.1. The topological polar surface area (TPSA) is 69.7 Å². The predicted molar refractivity (Wildman–Crippen MR) is 121 cm³/mol. The van der Waals surface area contributed by atoms with Crippen LogP contribution in [0.15, 0.2) is 84.9 Å². The van der Waals surface area contributed by atoms with Gasteiger partial charge in [0, 0.05) is 17.4 Å². The van der Waals surface area contributed by atoms with Gasteiger partial charge in [-0.1, -0.05) is 84.4 Å². The van der Waals surface area contributed by atoms with Crippen molar-refractivity contribution in [3.63, 3.8) is 0 Å². The second-order valence-electron chi connectivity index (χ2n) is 7.22. The fraction of sp³-hybridized carbons (Fsp3) is 0.192. The summed E-state index contributed by atoms with van der Waals surface area (Å²) >= 11 is 5.98. The monoisotopic (exact) mass is 450 g/mol. The number of carbonyl (C=O) groups excluding carboxylic acids is 3. The van der Waals surface area contributed by atoms with E-state index >= 15 is 0 Å². The van der Waals surface area contributed by atoms with E-state index in [1.54, 1.807) is 24.3 Å². The highest BCUT2D eigenvalue weighted by Gasteiger charge is 2.38. The second kappa shape index (κ2) is 11.8. The summed E-state index contributed by atoms with van der Waals surface area (Å²) in [6.07, 6.45) is 0.633. The molecule has 5 nitrogen and oxygen atoms in total. The second-order valence-corrected chi connectivity index (χ2v) is 7.66. The van der Waals surface area contributed by atoms with Gasteiger partial charge in [0.05, 0.1) is 0 Å². The average molecular weight is 451 g/mol. The Bertz CT molecular complexity index is 964. The van der Waals surface area contributed by atoms with Crippen molar-refractivity contribution in [2.45, 2.75) is 25.6 Å². The van der Waals surface area contributed by atoms with Gasteiger partial charge >= 0.3 is 11.9 Å². The van der Waals surface area contributed by atoms with Crippen LogP contribution in [0.5, 0.6) is 0 Å². The lowest BCUT2D eigenvalue weighted by molar-refractivity contribution is -0.165. The lowest BCUT2D eigenvalue weighted by Gasteiger charge is -2.23. The SMILES string of the molecule is O=CC[C@H](c1ccc(Cl)cc1)C(C(=O)OCc1ccccc1)C(=O)OCc1ccccc1. The largest absolute Gasteiger partial charge is 0.460 e. The molecule has 0 heterocycles. The molecule has 6 heteroatoms. The van der Waals surface area contributed by atoms with Gasteiger partial charge in [0.1, 0.15) is 19.5 Å². The number of carbonyl (C=O) groups is 3. The van der Waals surface area contributed by atoms with Gasteiger partial charge in [-0.05, 0) is 28.8 Å². The van der Waals surface area contributed by atoms with Crippen LogP contribution in [0.25, 0.3) is 0 Å². The zero-order valence-electron chi connectivity index (χ0n) is 17.4. The van der Waals surface area contributed by atoms with Crippen molar-refractivity contribution in [1.29, 1.82) is 0 Å². The summed E-state index contributed by atoms with van der Waals surface area (Å²) in [6.45, 7) is 0.0210. The van der Waals surface area contributed by atoms with Crippen molar-refractivity contribution < 1.29 is 23.9 Å². The number of ether oxygens (including phenoxy) is 2. The lowest BCUT2D eigenvalue weighted by atomic mass is 9.83. The van der Waals surface area contributed by atoms with Crippen LogP contribution in [0.3, 0.4) is 0 Å². The number of halogens is 1. The number of benzene rings is 3. The molecule has 0 aliphatic carbocycles. The normalized spacial score (nSPS) is 11.6. The molecule has 0 aliphatic rings. The van der Waals surface area contributed by atoms with Crippen LogP contribution in [0.2, 0.25) is 5.02 Å². The molecule has 0 amide bonds. The van der Waals surface area contributed by atoms with E-state index < -0.39 is 23.8 Å². The average Bonchev–Trinajstić information content (AvgIpc) is 2.83. The van der Waals surface area contributed by atoms with E-state index in [9.17, 15) is 14.4 Å². The summed E-state index contributed by atoms with van der Waals surface area (Å²) in [5, 5.41) is 0.508. The number of esters is 2. The van der Waals surface area contributed by atoms with Crippen LogP contribution >= 0.6 is 11.6 Å². The van der Waals surface area contributed by atoms with E-state index in [1.807, 2.05) is 60.7 Å². The molecule has 0 bridgehead atoms. The number of hydrogen-bond donors (Lipinski definition) is 0. The molecule has 0 spiro atoms. The first-order chi connectivity index (χ1) is 15.6. The zero-order chi connectivity index (χ0) is 22.8. The molecule has 0 N–H and O–H groups in total. The van der Waals surface area contributed by atoms with Gasteiger partial charge in [0.25, 0.3) is 0 Å². The molecule has 0 radical (unpaired) electrons. The van der Waals surface area contributed by atoms with Gasteiger partial charge in [-0.2, -0.15) is 0 Å². The van der Waals surface area contributed by atoms with E-state index in [1.165, 1.54) is 0 Å². The first-order valence-corrected chi connectivity index (χ1v) is 10.6. The van der Waals surface area contributed by atoms with Crippen LogP contribution in [0.1, 0.15) is 29.0 Å². The van der Waals surface area contributed by atoms with Gasteiger partial charge in [-0.25, -0.2) is 0 Å². The van der Waals surface area contributed by atoms with E-state index in [4.69, 9.17) is 21.1 Å². The Morgan fingerprint density at radius 3 is 1.66 bits per heavy atom. The molecule has 0 aliphatic heterocycles. The van der Waals surface area contributed by atoms with Crippen molar-refractivity contribution in [3.05, 3.63) is 107 Å². The van der Waals surface area contributed by atoms with Crippen molar-refractivity contribution in [2.24, 2.45) is 5.92 Å². The Morgan fingerprint density at radius 1 is 0.750 bits per heavy atom. The van der Waals surface area contributed by atoms with Gasteiger partial charge < -0.3 is 14.3 Å². The zero-order valence-corrected chi connectivity index (χ0v) is 18.1. The summed E-state index contributed by atoms with van der Waals surface area (Å²) in [7, 11) is 0. The third-order valence-electron chi connectivity index (χ3n) is 5.01. The standard InChI is InChI=1S/C26H23ClO5/c27-22-13-11-21(12-14-22)23(15-16-28)24(25(29)31-17-19-7-3-1-4-8-19)26(30)32-18-20-9-5-2-6-10-20/h1-14,16,23-24H,15,17-18H2/t23-/m1/s1. The molecule has 0 unspecified atom stereocenters. The van der Waals surface area contributed by atoms with Crippen LogP contribution < -0.4 is 0 Å². The van der Waals surface area contributed by atoms with Crippen molar-refractivity contribution in [3.8, 4) is 0 Å². The molecule has 0 saturated carbocycles. The molecule has 32 heavy (non-hydrogen) atoms. The highest BCUT2D eigenvalue weighted by atomic mass is 35.5. The Morgan fingerprint density at radius 2 is 1.22 bits per heavy atom. The van der Waals surface area contributed by atoms with E-state index in [0.29, 0.717) is 16.9 Å². The molecular formula is C26H23ClO5. The molecule has 164 valence electrons. The number of hydrogen-bond acceptors (Lipinski definition) is 5. The van der Waals surface area contributed by atoms with Gasteiger partial charge in [0.2, 0.25) is 0 Å². The Balaban J connectivity index is 1.83. The van der Waals surface area contributed by atoms with E-state index in [-0.39, 0.29) is 19.6 Å². The van der Waals surface area contributed by atoms with E-state index in [0.717, 1.165) is 11.1 Å². The number of rotatable bonds is 10. The molecular weight excluding hydrogens is 428 g/mol. The Labute approximate surface area is 191 Å². The Hall–Kier alpha value is -3.44. The minimum Gasteiger partial charge on any atom is -0.460 e. The molecule has 3 rings (SSSR count). The maximum Gasteiger partial charge on any atom is 0.321 e. The molecule has 3 aromatic rings. The summed E-state index contributed by atoms with van der Waals surface area (Å²) in [5.41, 5.74) is 2.20. The summed E-state index contributed by atoms with van der Waals surface area (Å²) < 4.78 is 10.9. The highest BCUT2D eigenvalue weighted by molar-refractivity contribution is 6.30. The summed E-state index contributed by atoms with van der Waals surface area (Å²) in [5.74, 6) is -3.52. The fourth-order valence-corrected chi connectivity index (χ4v) is 3.47. The van der Waals surface area contributed by atoms with Crippen LogP contribution in [-0.2, 0) is 37.1 Å². The summed E-state index contributed by atoms with van der Waals surface area (Å²) in [6, 6.07) is 25.0. The Kier molecular flexibility index (Phi) is 8.58. The lowest BCUT2D eigenvalue weighted by Crippen LogP contribution is -2.33. The highest BCUT2D eigenvalue weighted by Crippen LogP contribution is 2.31.